The number of aromatic nitrogens is 1. The first-order valence-electron chi connectivity index (χ1n) is 11.7. The maximum Gasteiger partial charge on any atom is 0.0742 e. The lowest BCUT2D eigenvalue weighted by Gasteiger charge is -2.48. The van der Waals surface area contributed by atoms with Crippen LogP contribution in [0.1, 0.15) is 59.6 Å². The predicted octanol–water partition coefficient (Wildman–Crippen LogP) is 6.41. The lowest BCUT2D eigenvalue weighted by atomic mass is 9.55. The van der Waals surface area contributed by atoms with E-state index in [4.69, 9.17) is 9.10 Å². The SMILES string of the molecule is [2H]C([2H])([2H])c1cnc(-c2ccccc2)c2c1C(C)(C)C1(Cc3ccccc3C1)C2(C)C. The van der Waals surface area contributed by atoms with Crippen molar-refractivity contribution in [3.8, 4) is 11.3 Å². The van der Waals surface area contributed by atoms with Crippen LogP contribution in [0.4, 0.5) is 0 Å². The predicted molar refractivity (Wildman–Crippen MR) is 117 cm³/mol. The fraction of sp³-hybridized carbons (Fsp3) is 0.370. The van der Waals surface area contributed by atoms with Crippen molar-refractivity contribution in [3.05, 3.63) is 88.6 Å². The van der Waals surface area contributed by atoms with Crippen molar-refractivity contribution >= 4 is 0 Å². The molecule has 0 aliphatic heterocycles. The molecule has 0 N–H and O–H groups in total. The molecular formula is C27H29N. The number of nitrogens with zero attached hydrogens (tertiary/aromatic N) is 1. The van der Waals surface area contributed by atoms with Crippen LogP contribution in [0.15, 0.2) is 60.8 Å². The van der Waals surface area contributed by atoms with Gasteiger partial charge in [-0.05, 0) is 63.8 Å². The molecule has 0 saturated heterocycles. The maximum atomic E-state index is 8.30. The first kappa shape index (κ1) is 14.6. The monoisotopic (exact) mass is 370 g/mol. The summed E-state index contributed by atoms with van der Waals surface area (Å²) in [5.74, 6) is 0. The standard InChI is InChI=1S/C27H29N/c1-18-17-28-24(19-11-7-6-8-12-19)23-22(18)25(2,3)27(26(23,4)5)15-20-13-9-10-14-21(20)16-27/h6-14,17H,15-16H2,1-5H3/i1D3. The van der Waals surface area contributed by atoms with Gasteiger partial charge in [-0.15, -0.1) is 0 Å². The highest BCUT2D eigenvalue weighted by molar-refractivity contribution is 5.71. The van der Waals surface area contributed by atoms with E-state index in [1.807, 2.05) is 18.2 Å². The van der Waals surface area contributed by atoms with Gasteiger partial charge in [-0.1, -0.05) is 82.3 Å². The summed E-state index contributed by atoms with van der Waals surface area (Å²) in [6, 6.07) is 18.9. The summed E-state index contributed by atoms with van der Waals surface area (Å²) >= 11 is 0. The number of hydrogen-bond donors (Lipinski definition) is 0. The summed E-state index contributed by atoms with van der Waals surface area (Å²) < 4.78 is 24.9. The molecule has 0 unspecified atom stereocenters. The van der Waals surface area contributed by atoms with Crippen LogP contribution >= 0.6 is 0 Å². The van der Waals surface area contributed by atoms with Gasteiger partial charge in [-0.25, -0.2) is 0 Å². The van der Waals surface area contributed by atoms with Crippen LogP contribution in [0.2, 0.25) is 0 Å². The minimum absolute atomic E-state index is 0.113. The molecule has 1 aromatic heterocycles. The molecule has 2 aromatic carbocycles. The van der Waals surface area contributed by atoms with Gasteiger partial charge in [0.25, 0.3) is 0 Å². The molecule has 0 saturated carbocycles. The van der Waals surface area contributed by atoms with Gasteiger partial charge in [0.1, 0.15) is 0 Å². The maximum absolute atomic E-state index is 8.30. The van der Waals surface area contributed by atoms with Gasteiger partial charge in [0.2, 0.25) is 0 Å². The molecule has 1 heteroatoms. The third kappa shape index (κ3) is 2.00. The van der Waals surface area contributed by atoms with Gasteiger partial charge in [-0.3, -0.25) is 4.98 Å². The zero-order chi connectivity index (χ0) is 22.2. The molecule has 0 bridgehead atoms. The number of hydrogen-bond acceptors (Lipinski definition) is 1. The Kier molecular flexibility index (Phi) is 2.90. The van der Waals surface area contributed by atoms with E-state index in [1.54, 1.807) is 6.20 Å². The molecule has 1 spiro atoms. The van der Waals surface area contributed by atoms with Gasteiger partial charge in [-0.2, -0.15) is 0 Å². The van der Waals surface area contributed by atoms with Crippen LogP contribution < -0.4 is 0 Å². The Morgan fingerprint density at radius 2 is 1.36 bits per heavy atom. The lowest BCUT2D eigenvalue weighted by Crippen LogP contribution is -2.48. The number of rotatable bonds is 1. The third-order valence-electron chi connectivity index (χ3n) is 7.87. The second-order valence-electron chi connectivity index (χ2n) is 9.59. The Morgan fingerprint density at radius 1 is 0.786 bits per heavy atom. The number of pyridine rings is 1. The number of benzene rings is 2. The van der Waals surface area contributed by atoms with E-state index in [2.05, 4.69) is 64.1 Å². The van der Waals surface area contributed by atoms with Crippen molar-refractivity contribution in [2.24, 2.45) is 5.41 Å². The van der Waals surface area contributed by atoms with Crippen molar-refractivity contribution in [2.45, 2.75) is 58.2 Å². The van der Waals surface area contributed by atoms with Crippen LogP contribution in [0.3, 0.4) is 0 Å². The number of aryl methyl sites for hydroxylation is 1. The third-order valence-corrected chi connectivity index (χ3v) is 7.87. The summed E-state index contributed by atoms with van der Waals surface area (Å²) in [5.41, 5.74) is 6.59. The van der Waals surface area contributed by atoms with E-state index in [1.165, 1.54) is 11.1 Å². The minimum atomic E-state index is -2.20. The Hall–Kier alpha value is -2.41. The average molecular weight is 371 g/mol. The summed E-state index contributed by atoms with van der Waals surface area (Å²) in [5, 5.41) is 0. The van der Waals surface area contributed by atoms with Crippen LogP contribution in [-0.2, 0) is 23.7 Å². The van der Waals surface area contributed by atoms with Gasteiger partial charge in [0.05, 0.1) is 5.69 Å². The molecule has 0 atom stereocenters. The normalized spacial score (nSPS) is 22.2. The van der Waals surface area contributed by atoms with E-state index >= 15 is 0 Å². The van der Waals surface area contributed by atoms with Crippen molar-refractivity contribution in [2.75, 3.05) is 0 Å². The van der Waals surface area contributed by atoms with E-state index in [0.717, 1.165) is 35.2 Å². The fourth-order valence-electron chi connectivity index (χ4n) is 6.34. The molecule has 28 heavy (non-hydrogen) atoms. The molecule has 142 valence electrons. The molecule has 0 amide bonds. The molecular weight excluding hydrogens is 338 g/mol. The van der Waals surface area contributed by atoms with E-state index < -0.39 is 6.85 Å². The van der Waals surface area contributed by atoms with Gasteiger partial charge in [0.15, 0.2) is 0 Å². The van der Waals surface area contributed by atoms with Crippen LogP contribution in [0, 0.1) is 12.3 Å². The second kappa shape index (κ2) is 5.56. The fourth-order valence-corrected chi connectivity index (χ4v) is 6.34. The minimum Gasteiger partial charge on any atom is -0.256 e. The Balaban J connectivity index is 1.85. The van der Waals surface area contributed by atoms with Crippen LogP contribution in [0.5, 0.6) is 0 Å². The number of fused-ring (bicyclic) bond motifs is 2. The Labute approximate surface area is 173 Å². The van der Waals surface area contributed by atoms with Gasteiger partial charge < -0.3 is 0 Å². The summed E-state index contributed by atoms with van der Waals surface area (Å²) in [6.07, 6.45) is 3.52. The average Bonchev–Trinajstić information content (AvgIpc) is 3.19. The highest BCUT2D eigenvalue weighted by atomic mass is 14.8. The molecule has 2 aliphatic carbocycles. The van der Waals surface area contributed by atoms with Crippen molar-refractivity contribution in [3.63, 3.8) is 0 Å². The first-order valence-corrected chi connectivity index (χ1v) is 10.2. The Morgan fingerprint density at radius 3 is 1.96 bits per heavy atom. The Bertz CT molecular complexity index is 1150. The molecule has 0 fully saturated rings. The largest absolute Gasteiger partial charge is 0.256 e. The zero-order valence-electron chi connectivity index (χ0n) is 20.1. The smallest absolute Gasteiger partial charge is 0.0742 e. The lowest BCUT2D eigenvalue weighted by molar-refractivity contribution is 0.0888. The molecule has 1 heterocycles. The second-order valence-corrected chi connectivity index (χ2v) is 9.59. The molecule has 3 aromatic rings. The van der Waals surface area contributed by atoms with Gasteiger partial charge in [0, 0.05) is 15.9 Å². The zero-order valence-corrected chi connectivity index (χ0v) is 17.1. The van der Waals surface area contributed by atoms with Crippen LogP contribution in [0.25, 0.3) is 11.3 Å². The highest BCUT2D eigenvalue weighted by Crippen LogP contribution is 2.68. The van der Waals surface area contributed by atoms with Crippen molar-refractivity contribution in [1.82, 2.24) is 4.98 Å². The van der Waals surface area contributed by atoms with Crippen LogP contribution in [-0.4, -0.2) is 4.98 Å². The quantitative estimate of drug-likeness (QED) is 0.482. The summed E-state index contributed by atoms with van der Waals surface area (Å²) in [4.78, 5) is 4.79. The van der Waals surface area contributed by atoms with Crippen molar-refractivity contribution in [1.29, 1.82) is 0 Å². The molecule has 0 radical (unpaired) electrons. The van der Waals surface area contributed by atoms with E-state index in [-0.39, 0.29) is 16.2 Å². The highest BCUT2D eigenvalue weighted by Gasteiger charge is 2.65. The summed E-state index contributed by atoms with van der Waals surface area (Å²) in [7, 11) is 0. The van der Waals surface area contributed by atoms with Crippen molar-refractivity contribution < 1.29 is 4.11 Å². The summed E-state index contributed by atoms with van der Waals surface area (Å²) in [6.45, 7) is 6.94. The molecule has 5 rings (SSSR count). The first-order chi connectivity index (χ1) is 14.5. The molecule has 2 aliphatic rings. The van der Waals surface area contributed by atoms with E-state index in [9.17, 15) is 0 Å². The van der Waals surface area contributed by atoms with Gasteiger partial charge >= 0.3 is 0 Å². The van der Waals surface area contributed by atoms with E-state index in [0.29, 0.717) is 5.56 Å². The molecule has 1 nitrogen and oxygen atoms in total. The topological polar surface area (TPSA) is 12.9 Å².